The van der Waals surface area contributed by atoms with Gasteiger partial charge in [0.1, 0.15) is 0 Å². The minimum atomic E-state index is -0.164. The molecule has 3 N–H and O–H groups in total. The van der Waals surface area contributed by atoms with Crippen molar-refractivity contribution in [3.05, 3.63) is 22.4 Å². The first-order valence-corrected chi connectivity index (χ1v) is 7.19. The first kappa shape index (κ1) is 15.5. The highest BCUT2D eigenvalue weighted by atomic mass is 35.5. The van der Waals surface area contributed by atoms with Crippen molar-refractivity contribution < 1.29 is 4.79 Å². The molecule has 0 spiro atoms. The Morgan fingerprint density at radius 3 is 2.72 bits per heavy atom. The molecule has 102 valence electrons. The van der Waals surface area contributed by atoms with Crippen molar-refractivity contribution in [3.8, 4) is 0 Å². The molecule has 18 heavy (non-hydrogen) atoms. The number of rotatable bonds is 4. The molecule has 1 aromatic heterocycles. The van der Waals surface area contributed by atoms with E-state index >= 15 is 0 Å². The van der Waals surface area contributed by atoms with Gasteiger partial charge in [-0.2, -0.15) is 11.3 Å². The van der Waals surface area contributed by atoms with E-state index in [9.17, 15) is 4.79 Å². The summed E-state index contributed by atoms with van der Waals surface area (Å²) in [6, 6.07) is 1.99. The van der Waals surface area contributed by atoms with Crippen LogP contribution in [0, 0.1) is 0 Å². The predicted octanol–water partition coefficient (Wildman–Crippen LogP) is 2.49. The van der Waals surface area contributed by atoms with Crippen molar-refractivity contribution >= 4 is 29.7 Å². The maximum atomic E-state index is 11.7. The monoisotopic (exact) mass is 288 g/mol. The molecule has 3 nitrogen and oxygen atoms in total. The number of carbonyl (C=O) groups is 1. The van der Waals surface area contributed by atoms with Crippen LogP contribution in [0.5, 0.6) is 0 Å². The molecule has 1 fully saturated rings. The Bertz CT molecular complexity index is 361. The number of hydrogen-bond donors (Lipinski definition) is 2. The van der Waals surface area contributed by atoms with Crippen LogP contribution in [-0.2, 0) is 11.2 Å². The number of nitrogens with one attached hydrogen (secondary N) is 1. The third-order valence-corrected chi connectivity index (χ3v) is 4.16. The minimum absolute atomic E-state index is 0. The van der Waals surface area contributed by atoms with Gasteiger partial charge in [-0.15, -0.1) is 12.4 Å². The lowest BCUT2D eigenvalue weighted by atomic mass is 9.82. The second-order valence-corrected chi connectivity index (χ2v) is 5.79. The van der Waals surface area contributed by atoms with E-state index in [1.54, 1.807) is 11.3 Å². The summed E-state index contributed by atoms with van der Waals surface area (Å²) in [5, 5.41) is 6.98. The van der Waals surface area contributed by atoms with Crippen LogP contribution in [0.2, 0.25) is 0 Å². The summed E-state index contributed by atoms with van der Waals surface area (Å²) in [4.78, 5) is 11.7. The molecule has 1 saturated carbocycles. The standard InChI is InChI=1S/C13H20N2OS.ClH/c14-13(5-2-1-3-6-13)10-15-12(16)8-11-4-7-17-9-11;/h4,7,9H,1-3,5-6,8,10,14H2,(H,15,16);1H. The molecule has 0 radical (unpaired) electrons. The zero-order valence-electron chi connectivity index (χ0n) is 10.5. The molecule has 0 aliphatic heterocycles. The highest BCUT2D eigenvalue weighted by Gasteiger charge is 2.27. The zero-order chi connectivity index (χ0) is 12.1. The second kappa shape index (κ2) is 7.12. The first-order valence-electron chi connectivity index (χ1n) is 6.25. The zero-order valence-corrected chi connectivity index (χ0v) is 12.1. The topological polar surface area (TPSA) is 55.1 Å². The van der Waals surface area contributed by atoms with Crippen LogP contribution < -0.4 is 11.1 Å². The van der Waals surface area contributed by atoms with Crippen LogP contribution in [0.1, 0.15) is 37.7 Å². The van der Waals surface area contributed by atoms with E-state index in [0.29, 0.717) is 13.0 Å². The molecular weight excluding hydrogens is 268 g/mol. The number of nitrogens with two attached hydrogens (primary N) is 1. The van der Waals surface area contributed by atoms with Crippen LogP contribution >= 0.6 is 23.7 Å². The molecule has 5 heteroatoms. The Hall–Kier alpha value is -0.580. The Labute approximate surface area is 119 Å². The summed E-state index contributed by atoms with van der Waals surface area (Å²) in [6.07, 6.45) is 6.20. The molecule has 0 atom stereocenters. The lowest BCUT2D eigenvalue weighted by molar-refractivity contribution is -0.120. The quantitative estimate of drug-likeness (QED) is 0.894. The van der Waals surface area contributed by atoms with E-state index in [0.717, 1.165) is 18.4 Å². The largest absolute Gasteiger partial charge is 0.354 e. The van der Waals surface area contributed by atoms with Crippen LogP contribution in [0.15, 0.2) is 16.8 Å². The van der Waals surface area contributed by atoms with E-state index in [1.165, 1.54) is 19.3 Å². The van der Waals surface area contributed by atoms with Crippen molar-refractivity contribution in [3.63, 3.8) is 0 Å². The molecule has 0 saturated heterocycles. The van der Waals surface area contributed by atoms with Gasteiger partial charge in [0.2, 0.25) is 5.91 Å². The molecule has 0 bridgehead atoms. The number of thiophene rings is 1. The fourth-order valence-corrected chi connectivity index (χ4v) is 3.02. The van der Waals surface area contributed by atoms with E-state index in [4.69, 9.17) is 5.73 Å². The van der Waals surface area contributed by atoms with Crippen molar-refractivity contribution in [2.75, 3.05) is 6.54 Å². The van der Waals surface area contributed by atoms with Gasteiger partial charge < -0.3 is 11.1 Å². The summed E-state index contributed by atoms with van der Waals surface area (Å²) in [5.74, 6) is 0.0822. The molecule has 0 aromatic carbocycles. The fourth-order valence-electron chi connectivity index (χ4n) is 2.35. The fraction of sp³-hybridized carbons (Fsp3) is 0.615. The van der Waals surface area contributed by atoms with Gasteiger partial charge >= 0.3 is 0 Å². The summed E-state index contributed by atoms with van der Waals surface area (Å²) < 4.78 is 0. The van der Waals surface area contributed by atoms with Crippen LogP contribution in [0.25, 0.3) is 0 Å². The van der Waals surface area contributed by atoms with Gasteiger partial charge in [0, 0.05) is 12.1 Å². The highest BCUT2D eigenvalue weighted by Crippen LogP contribution is 2.25. The van der Waals surface area contributed by atoms with Gasteiger partial charge in [0.25, 0.3) is 0 Å². The lowest BCUT2D eigenvalue weighted by Crippen LogP contribution is -2.51. The summed E-state index contributed by atoms with van der Waals surface area (Å²) >= 11 is 1.62. The lowest BCUT2D eigenvalue weighted by Gasteiger charge is -2.33. The number of amides is 1. The SMILES string of the molecule is Cl.NC1(CNC(=O)Cc2ccsc2)CCCCC1. The first-order chi connectivity index (χ1) is 8.18. The van der Waals surface area contributed by atoms with Crippen molar-refractivity contribution in [1.29, 1.82) is 0 Å². The third kappa shape index (κ3) is 4.59. The summed E-state index contributed by atoms with van der Waals surface area (Å²) in [7, 11) is 0. The Balaban J connectivity index is 0.00000162. The number of carbonyl (C=O) groups excluding carboxylic acids is 1. The van der Waals surface area contributed by atoms with Crippen molar-refractivity contribution in [2.24, 2.45) is 5.73 Å². The van der Waals surface area contributed by atoms with Crippen molar-refractivity contribution in [1.82, 2.24) is 5.32 Å². The predicted molar refractivity (Wildman–Crippen MR) is 78.3 cm³/mol. The van der Waals surface area contributed by atoms with E-state index in [1.807, 2.05) is 16.8 Å². The van der Waals surface area contributed by atoms with Crippen LogP contribution in [0.4, 0.5) is 0 Å². The Morgan fingerprint density at radius 1 is 1.39 bits per heavy atom. The van der Waals surface area contributed by atoms with Gasteiger partial charge in [-0.1, -0.05) is 19.3 Å². The molecule has 1 aliphatic rings. The molecule has 1 aliphatic carbocycles. The minimum Gasteiger partial charge on any atom is -0.354 e. The molecule has 1 amide bonds. The van der Waals surface area contributed by atoms with Crippen LogP contribution in [0.3, 0.4) is 0 Å². The van der Waals surface area contributed by atoms with E-state index in [2.05, 4.69) is 5.32 Å². The second-order valence-electron chi connectivity index (χ2n) is 5.01. The van der Waals surface area contributed by atoms with Gasteiger partial charge in [0.05, 0.1) is 6.42 Å². The maximum Gasteiger partial charge on any atom is 0.224 e. The normalized spacial score (nSPS) is 17.8. The van der Waals surface area contributed by atoms with Crippen LogP contribution in [-0.4, -0.2) is 18.0 Å². The molecule has 2 rings (SSSR count). The van der Waals surface area contributed by atoms with E-state index in [-0.39, 0.29) is 23.9 Å². The van der Waals surface area contributed by atoms with Gasteiger partial charge in [-0.05, 0) is 35.2 Å². The molecule has 1 aromatic rings. The Morgan fingerprint density at radius 2 is 2.11 bits per heavy atom. The van der Waals surface area contributed by atoms with Gasteiger partial charge in [-0.3, -0.25) is 4.79 Å². The molecule has 1 heterocycles. The molecular formula is C13H21ClN2OS. The molecule has 0 unspecified atom stereocenters. The number of hydrogen-bond acceptors (Lipinski definition) is 3. The third-order valence-electron chi connectivity index (χ3n) is 3.43. The highest BCUT2D eigenvalue weighted by molar-refractivity contribution is 7.07. The average Bonchev–Trinajstić information content (AvgIpc) is 2.80. The number of halogens is 1. The maximum absolute atomic E-state index is 11.7. The summed E-state index contributed by atoms with van der Waals surface area (Å²) in [6.45, 7) is 0.621. The van der Waals surface area contributed by atoms with Gasteiger partial charge in [-0.25, -0.2) is 0 Å². The average molecular weight is 289 g/mol. The van der Waals surface area contributed by atoms with Gasteiger partial charge in [0.15, 0.2) is 0 Å². The smallest absolute Gasteiger partial charge is 0.224 e. The Kier molecular flexibility index (Phi) is 6.12. The summed E-state index contributed by atoms with van der Waals surface area (Å²) in [5.41, 5.74) is 7.19. The van der Waals surface area contributed by atoms with E-state index < -0.39 is 0 Å². The van der Waals surface area contributed by atoms with Crippen molar-refractivity contribution in [2.45, 2.75) is 44.1 Å².